The summed E-state index contributed by atoms with van der Waals surface area (Å²) in [5.41, 5.74) is 9.54. The lowest BCUT2D eigenvalue weighted by molar-refractivity contribution is 0.627. The summed E-state index contributed by atoms with van der Waals surface area (Å²) in [5, 5.41) is 8.52. The summed E-state index contributed by atoms with van der Waals surface area (Å²) in [7, 11) is 0. The molecular weight excluding hydrogens is 267 g/mol. The van der Waals surface area contributed by atoms with Crippen LogP contribution in [-0.2, 0) is 13.0 Å². The maximum atomic E-state index is 13.4. The number of anilines is 1. The van der Waals surface area contributed by atoms with Crippen molar-refractivity contribution in [3.8, 4) is 22.8 Å². The number of nitrogens with zero attached hydrogens (tertiary/aromatic N) is 3. The molecule has 5 heteroatoms. The minimum atomic E-state index is -0.273. The highest BCUT2D eigenvalue weighted by atomic mass is 19.1. The van der Waals surface area contributed by atoms with E-state index in [1.807, 2.05) is 28.8 Å². The second kappa shape index (κ2) is 4.41. The molecule has 0 atom stereocenters. The van der Waals surface area contributed by atoms with Crippen LogP contribution in [-0.4, -0.2) is 14.8 Å². The first-order chi connectivity index (χ1) is 10.2. The number of benzene rings is 2. The van der Waals surface area contributed by atoms with E-state index in [2.05, 4.69) is 10.2 Å². The van der Waals surface area contributed by atoms with E-state index in [1.165, 1.54) is 17.7 Å². The quantitative estimate of drug-likeness (QED) is 0.697. The highest BCUT2D eigenvalue weighted by Gasteiger charge is 2.22. The van der Waals surface area contributed by atoms with E-state index >= 15 is 0 Å². The number of rotatable bonds is 1. The number of hydrogen-bond acceptors (Lipinski definition) is 3. The average Bonchev–Trinajstić information content (AvgIpc) is 2.91. The van der Waals surface area contributed by atoms with E-state index in [0.717, 1.165) is 29.9 Å². The van der Waals surface area contributed by atoms with Crippen LogP contribution in [0.3, 0.4) is 0 Å². The summed E-state index contributed by atoms with van der Waals surface area (Å²) >= 11 is 0. The fourth-order valence-electron chi connectivity index (χ4n) is 2.81. The fourth-order valence-corrected chi connectivity index (χ4v) is 2.81. The summed E-state index contributed by atoms with van der Waals surface area (Å²) in [4.78, 5) is 0. The van der Waals surface area contributed by atoms with Gasteiger partial charge in [-0.05, 0) is 36.2 Å². The van der Waals surface area contributed by atoms with Gasteiger partial charge in [-0.25, -0.2) is 4.39 Å². The Morgan fingerprint density at radius 1 is 1.05 bits per heavy atom. The molecule has 0 saturated heterocycles. The molecule has 1 aliphatic rings. The molecular formula is C16H13FN4. The van der Waals surface area contributed by atoms with Gasteiger partial charge in [-0.1, -0.05) is 18.2 Å². The first-order valence-electron chi connectivity index (χ1n) is 6.80. The van der Waals surface area contributed by atoms with Gasteiger partial charge >= 0.3 is 0 Å². The van der Waals surface area contributed by atoms with E-state index in [4.69, 9.17) is 5.73 Å². The average molecular weight is 280 g/mol. The van der Waals surface area contributed by atoms with Gasteiger partial charge in [0.05, 0.1) is 0 Å². The van der Waals surface area contributed by atoms with E-state index in [1.54, 1.807) is 6.07 Å². The molecule has 0 unspecified atom stereocenters. The number of nitrogens with two attached hydrogens (primary N) is 1. The zero-order valence-corrected chi connectivity index (χ0v) is 11.3. The van der Waals surface area contributed by atoms with Gasteiger partial charge < -0.3 is 10.3 Å². The molecule has 104 valence electrons. The van der Waals surface area contributed by atoms with Crippen molar-refractivity contribution in [3.63, 3.8) is 0 Å². The lowest BCUT2D eigenvalue weighted by Crippen LogP contribution is -2.12. The molecule has 0 spiro atoms. The maximum absolute atomic E-state index is 13.4. The molecule has 0 fully saturated rings. The van der Waals surface area contributed by atoms with Gasteiger partial charge in [0.15, 0.2) is 11.6 Å². The summed E-state index contributed by atoms with van der Waals surface area (Å²) in [6.45, 7) is 0.783. The number of fused-ring (bicyclic) bond motifs is 3. The molecule has 0 saturated carbocycles. The topological polar surface area (TPSA) is 56.7 Å². The third-order valence-corrected chi connectivity index (χ3v) is 3.81. The van der Waals surface area contributed by atoms with Crippen molar-refractivity contribution in [2.45, 2.75) is 13.0 Å². The second-order valence-electron chi connectivity index (χ2n) is 5.18. The Labute approximate surface area is 121 Å². The largest absolute Gasteiger partial charge is 0.399 e. The Morgan fingerprint density at radius 2 is 1.90 bits per heavy atom. The molecule has 2 N–H and O–H groups in total. The van der Waals surface area contributed by atoms with Crippen LogP contribution in [0.5, 0.6) is 0 Å². The van der Waals surface area contributed by atoms with Crippen molar-refractivity contribution in [1.29, 1.82) is 0 Å². The SMILES string of the molecule is Nc1ccc2c(c1)-c1nnc(-c3cccc(F)c3)n1CC2. The molecule has 2 heterocycles. The third-order valence-electron chi connectivity index (χ3n) is 3.81. The van der Waals surface area contributed by atoms with Crippen molar-refractivity contribution in [2.75, 3.05) is 5.73 Å². The smallest absolute Gasteiger partial charge is 0.164 e. The summed E-state index contributed by atoms with van der Waals surface area (Å²) < 4.78 is 15.4. The summed E-state index contributed by atoms with van der Waals surface area (Å²) in [5.74, 6) is 1.21. The van der Waals surface area contributed by atoms with Crippen molar-refractivity contribution < 1.29 is 4.39 Å². The van der Waals surface area contributed by atoms with Crippen LogP contribution in [0.4, 0.5) is 10.1 Å². The van der Waals surface area contributed by atoms with Crippen molar-refractivity contribution in [1.82, 2.24) is 14.8 Å². The molecule has 0 bridgehead atoms. The van der Waals surface area contributed by atoms with Crippen LogP contribution in [0.1, 0.15) is 5.56 Å². The molecule has 0 aliphatic carbocycles. The highest BCUT2D eigenvalue weighted by Crippen LogP contribution is 2.32. The maximum Gasteiger partial charge on any atom is 0.164 e. The Hall–Kier alpha value is -2.69. The predicted octanol–water partition coefficient (Wildman–Crippen LogP) is 2.89. The van der Waals surface area contributed by atoms with Crippen LogP contribution in [0, 0.1) is 5.82 Å². The molecule has 21 heavy (non-hydrogen) atoms. The van der Waals surface area contributed by atoms with Crippen molar-refractivity contribution in [2.24, 2.45) is 0 Å². The lowest BCUT2D eigenvalue weighted by atomic mass is 10.00. The van der Waals surface area contributed by atoms with Crippen LogP contribution in [0.2, 0.25) is 0 Å². The minimum Gasteiger partial charge on any atom is -0.399 e. The number of aromatic nitrogens is 3. The Balaban J connectivity index is 1.89. The van der Waals surface area contributed by atoms with Crippen molar-refractivity contribution >= 4 is 5.69 Å². The van der Waals surface area contributed by atoms with E-state index in [0.29, 0.717) is 11.5 Å². The van der Waals surface area contributed by atoms with Crippen LogP contribution < -0.4 is 5.73 Å². The first-order valence-corrected chi connectivity index (χ1v) is 6.80. The Kier molecular flexibility index (Phi) is 2.54. The number of nitrogen functional groups attached to an aromatic ring is 1. The van der Waals surface area contributed by atoms with Crippen LogP contribution in [0.25, 0.3) is 22.8 Å². The normalized spacial score (nSPS) is 12.8. The third kappa shape index (κ3) is 1.89. The lowest BCUT2D eigenvalue weighted by Gasteiger charge is -2.19. The van der Waals surface area contributed by atoms with Gasteiger partial charge in [-0.2, -0.15) is 0 Å². The van der Waals surface area contributed by atoms with Gasteiger partial charge in [0.2, 0.25) is 0 Å². The number of hydrogen-bond donors (Lipinski definition) is 1. The summed E-state index contributed by atoms with van der Waals surface area (Å²) in [6, 6.07) is 12.3. The van der Waals surface area contributed by atoms with Gasteiger partial charge in [0, 0.05) is 23.4 Å². The Morgan fingerprint density at radius 3 is 2.76 bits per heavy atom. The zero-order valence-electron chi connectivity index (χ0n) is 11.3. The van der Waals surface area contributed by atoms with E-state index in [9.17, 15) is 4.39 Å². The highest BCUT2D eigenvalue weighted by molar-refractivity contribution is 5.70. The molecule has 1 aliphatic heterocycles. The second-order valence-corrected chi connectivity index (χ2v) is 5.18. The molecule has 4 nitrogen and oxygen atoms in total. The first kappa shape index (κ1) is 12.1. The molecule has 2 aromatic carbocycles. The van der Waals surface area contributed by atoms with Crippen molar-refractivity contribution in [3.05, 3.63) is 53.8 Å². The van der Waals surface area contributed by atoms with E-state index in [-0.39, 0.29) is 5.82 Å². The molecule has 0 radical (unpaired) electrons. The van der Waals surface area contributed by atoms with Crippen LogP contribution >= 0.6 is 0 Å². The molecule has 3 aromatic rings. The van der Waals surface area contributed by atoms with E-state index < -0.39 is 0 Å². The van der Waals surface area contributed by atoms with Gasteiger partial charge in [0.1, 0.15) is 5.82 Å². The van der Waals surface area contributed by atoms with Gasteiger partial charge in [0.25, 0.3) is 0 Å². The fraction of sp³-hybridized carbons (Fsp3) is 0.125. The van der Waals surface area contributed by atoms with Crippen LogP contribution in [0.15, 0.2) is 42.5 Å². The summed E-state index contributed by atoms with van der Waals surface area (Å²) in [6.07, 6.45) is 0.892. The molecule has 1 aromatic heterocycles. The number of halogens is 1. The monoisotopic (exact) mass is 280 g/mol. The minimum absolute atomic E-state index is 0.273. The zero-order chi connectivity index (χ0) is 14.4. The standard InChI is InChI=1S/C16H13FN4/c17-12-3-1-2-11(8-12)15-19-20-16-14-9-13(18)5-4-10(14)6-7-21(15)16/h1-5,8-9H,6-7,18H2. The Bertz CT molecular complexity index is 825. The molecule has 0 amide bonds. The molecule has 4 rings (SSSR count). The predicted molar refractivity (Wildman–Crippen MR) is 79.0 cm³/mol. The van der Waals surface area contributed by atoms with Gasteiger partial charge in [-0.3, -0.25) is 0 Å². The number of aryl methyl sites for hydroxylation is 1. The van der Waals surface area contributed by atoms with Gasteiger partial charge in [-0.15, -0.1) is 10.2 Å².